The second-order valence-corrected chi connectivity index (χ2v) is 17.2. The van der Waals surface area contributed by atoms with Crippen LogP contribution in [0.4, 0.5) is 0 Å². The van der Waals surface area contributed by atoms with E-state index in [0.29, 0.717) is 0 Å². The van der Waals surface area contributed by atoms with Gasteiger partial charge >= 0.3 is 0 Å². The largest absolute Gasteiger partial charge is 0.252 e. The second-order valence-electron chi connectivity index (χ2n) is 16.2. The van der Waals surface area contributed by atoms with Gasteiger partial charge in [-0.1, -0.05) is 146 Å². The minimum Gasteiger partial charge on any atom is -0.252 e. The van der Waals surface area contributed by atoms with E-state index in [4.69, 9.17) is 9.97 Å². The van der Waals surface area contributed by atoms with Gasteiger partial charge in [-0.15, -0.1) is 11.3 Å². The van der Waals surface area contributed by atoms with Crippen molar-refractivity contribution in [1.29, 1.82) is 0 Å². The zero-order valence-electron chi connectivity index (χ0n) is 32.9. The van der Waals surface area contributed by atoms with Crippen LogP contribution in [-0.4, -0.2) is 9.97 Å². The first-order valence-electron chi connectivity index (χ1n) is 20.8. The molecule has 0 aliphatic carbocycles. The maximum absolute atomic E-state index is 4.79. The third-order valence-corrected chi connectivity index (χ3v) is 13.9. The van der Waals surface area contributed by atoms with Gasteiger partial charge in [-0.2, -0.15) is 0 Å². The fourth-order valence-electron chi connectivity index (χ4n) is 9.59. The summed E-state index contributed by atoms with van der Waals surface area (Å²) in [6.45, 7) is 0. The van der Waals surface area contributed by atoms with Gasteiger partial charge in [0.2, 0.25) is 0 Å². The van der Waals surface area contributed by atoms with Crippen molar-refractivity contribution in [3.05, 3.63) is 207 Å². The molecule has 0 atom stereocenters. The lowest BCUT2D eigenvalue weighted by molar-refractivity contribution is 1.31. The molecule has 0 spiro atoms. The Labute approximate surface area is 355 Å². The average Bonchev–Trinajstić information content (AvgIpc) is 3.72. The number of aromatic nitrogens is 2. The van der Waals surface area contributed by atoms with Crippen molar-refractivity contribution in [1.82, 2.24) is 9.97 Å². The Morgan fingerprint density at radius 2 is 0.689 bits per heavy atom. The highest BCUT2D eigenvalue weighted by atomic mass is 32.1. The van der Waals surface area contributed by atoms with Gasteiger partial charge in [-0.25, -0.2) is 0 Å². The molecule has 0 saturated carbocycles. The summed E-state index contributed by atoms with van der Waals surface area (Å²) in [5.41, 5.74) is 11.7. The molecule has 0 aliphatic rings. The van der Waals surface area contributed by atoms with Crippen LogP contribution < -0.4 is 0 Å². The van der Waals surface area contributed by atoms with E-state index >= 15 is 0 Å². The van der Waals surface area contributed by atoms with Crippen LogP contribution in [0.25, 0.3) is 130 Å². The van der Waals surface area contributed by atoms with Crippen molar-refractivity contribution < 1.29 is 0 Å². The summed E-state index contributed by atoms with van der Waals surface area (Å²) >= 11 is 1.89. The highest BCUT2D eigenvalue weighted by Gasteiger charge is 2.14. The monoisotopic (exact) mass is 790 g/mol. The number of hydrogen-bond donors (Lipinski definition) is 0. The summed E-state index contributed by atoms with van der Waals surface area (Å²) in [5.74, 6) is 0. The van der Waals surface area contributed by atoms with E-state index in [0.717, 1.165) is 21.8 Å². The maximum Gasteiger partial charge on any atom is 0.0971 e. The van der Waals surface area contributed by atoms with E-state index in [1.807, 2.05) is 11.3 Å². The molecule has 11 aromatic carbocycles. The van der Waals surface area contributed by atoms with E-state index in [9.17, 15) is 0 Å². The number of thiophene rings is 1. The van der Waals surface area contributed by atoms with E-state index in [1.54, 1.807) is 12.4 Å². The summed E-state index contributed by atoms with van der Waals surface area (Å²) in [7, 11) is 0. The van der Waals surface area contributed by atoms with Crippen LogP contribution >= 0.6 is 11.3 Å². The second kappa shape index (κ2) is 13.4. The quantitative estimate of drug-likeness (QED) is 0.166. The summed E-state index contributed by atoms with van der Waals surface area (Å²) in [6, 6.07) is 71.7. The summed E-state index contributed by atoms with van der Waals surface area (Å²) in [4.78, 5) is 9.52. The topological polar surface area (TPSA) is 25.8 Å². The summed E-state index contributed by atoms with van der Waals surface area (Å²) < 4.78 is 2.69. The van der Waals surface area contributed by atoms with Gasteiger partial charge in [0.1, 0.15) is 0 Å². The molecule has 0 N–H and O–H groups in total. The van der Waals surface area contributed by atoms with E-state index in [2.05, 4.69) is 194 Å². The first-order chi connectivity index (χ1) is 30.2. The van der Waals surface area contributed by atoms with Gasteiger partial charge in [0.25, 0.3) is 0 Å². The van der Waals surface area contributed by atoms with Crippen LogP contribution in [0.5, 0.6) is 0 Å². The molecule has 0 unspecified atom stereocenters. The lowest BCUT2D eigenvalue weighted by Crippen LogP contribution is -1.89. The van der Waals surface area contributed by atoms with Crippen molar-refractivity contribution >= 4 is 96.4 Å². The average molecular weight is 791 g/mol. The van der Waals surface area contributed by atoms with Crippen molar-refractivity contribution in [2.45, 2.75) is 0 Å². The lowest BCUT2D eigenvalue weighted by atomic mass is 9.93. The van der Waals surface area contributed by atoms with Crippen LogP contribution in [-0.2, 0) is 0 Å². The highest BCUT2D eigenvalue weighted by molar-refractivity contribution is 7.26. The van der Waals surface area contributed by atoms with Crippen LogP contribution in [0.2, 0.25) is 0 Å². The molecule has 3 heteroatoms. The molecule has 2 heterocycles. The molecule has 0 fully saturated rings. The first kappa shape index (κ1) is 34.2. The molecule has 13 rings (SSSR count). The predicted molar refractivity (Wildman–Crippen MR) is 262 cm³/mol. The Morgan fingerprint density at radius 1 is 0.279 bits per heavy atom. The van der Waals surface area contributed by atoms with Crippen molar-refractivity contribution in [3.8, 4) is 44.5 Å². The summed E-state index contributed by atoms with van der Waals surface area (Å²) in [6.07, 6.45) is 3.57. The fourth-order valence-corrected chi connectivity index (χ4v) is 10.8. The first-order valence-corrected chi connectivity index (χ1v) is 21.6. The predicted octanol–water partition coefficient (Wildman–Crippen LogP) is 16.4. The number of benzene rings is 11. The Hall–Kier alpha value is -7.72. The zero-order valence-corrected chi connectivity index (χ0v) is 33.7. The van der Waals surface area contributed by atoms with Gasteiger partial charge in [-0.3, -0.25) is 9.97 Å². The molecule has 0 aliphatic heterocycles. The zero-order chi connectivity index (χ0) is 40.0. The maximum atomic E-state index is 4.79. The molecule has 2 aromatic heterocycles. The Kier molecular flexibility index (Phi) is 7.51. The van der Waals surface area contributed by atoms with E-state index in [1.165, 1.54) is 108 Å². The lowest BCUT2D eigenvalue weighted by Gasteiger charge is -2.12. The van der Waals surface area contributed by atoms with Crippen molar-refractivity contribution in [2.24, 2.45) is 0 Å². The molecule has 282 valence electrons. The van der Waals surface area contributed by atoms with Crippen LogP contribution in [0.15, 0.2) is 207 Å². The minimum atomic E-state index is 0.940. The Morgan fingerprint density at radius 3 is 1.26 bits per heavy atom. The highest BCUT2D eigenvalue weighted by Crippen LogP contribution is 2.41. The van der Waals surface area contributed by atoms with Gasteiger partial charge in [-0.05, 0) is 136 Å². The van der Waals surface area contributed by atoms with E-state index in [-0.39, 0.29) is 0 Å². The van der Waals surface area contributed by atoms with Gasteiger partial charge < -0.3 is 0 Å². The van der Waals surface area contributed by atoms with Gasteiger partial charge in [0, 0.05) is 43.3 Å². The minimum absolute atomic E-state index is 0.940. The third kappa shape index (κ3) is 5.55. The standard InChI is InChI=1S/C58H34N2S/c1-2-8-52-49(6-1)50-25-24-46(34-54(50)57-56(52)59-26-27-60-57)44-20-18-40-30-38(16-17-42(40)32-44)36-12-13-37-29-39(15-14-35(37)28-36)41-19-21-45-33-47(23-22-43(45)31-41)48-9-5-10-53-51-7-3-4-11-55(51)61-58(48)53/h1-34H. The molecule has 0 radical (unpaired) electrons. The molecular weight excluding hydrogens is 757 g/mol. The van der Waals surface area contributed by atoms with Crippen molar-refractivity contribution in [3.63, 3.8) is 0 Å². The fraction of sp³-hybridized carbons (Fsp3) is 0. The van der Waals surface area contributed by atoms with Gasteiger partial charge in [0.05, 0.1) is 11.0 Å². The van der Waals surface area contributed by atoms with Gasteiger partial charge in [0.15, 0.2) is 0 Å². The number of hydrogen-bond acceptors (Lipinski definition) is 3. The van der Waals surface area contributed by atoms with E-state index < -0.39 is 0 Å². The Bertz CT molecular complexity index is 3920. The Balaban J connectivity index is 0.789. The molecule has 13 aromatic rings. The summed E-state index contributed by atoms with van der Waals surface area (Å²) in [5, 5.41) is 14.7. The van der Waals surface area contributed by atoms with Crippen LogP contribution in [0.1, 0.15) is 0 Å². The SMILES string of the molecule is c1ccc2c(c1)sc1c(-c3ccc4cc(-c5ccc6cc(-c7ccc8cc(-c9ccc%10c%11ccccc%11c%11nccnc%11c%10c9)ccc8c7)ccc6c5)ccc4c3)cccc12. The molecule has 0 bridgehead atoms. The number of nitrogens with zero attached hydrogens (tertiary/aromatic N) is 2. The van der Waals surface area contributed by atoms with Crippen LogP contribution in [0.3, 0.4) is 0 Å². The molecule has 61 heavy (non-hydrogen) atoms. The molecule has 0 amide bonds. The smallest absolute Gasteiger partial charge is 0.0971 e. The van der Waals surface area contributed by atoms with Crippen molar-refractivity contribution in [2.75, 3.05) is 0 Å². The molecular formula is C58H34N2S. The number of rotatable bonds is 4. The molecule has 0 saturated heterocycles. The van der Waals surface area contributed by atoms with Crippen LogP contribution in [0, 0.1) is 0 Å². The normalized spacial score (nSPS) is 11.9. The number of fused-ring (bicyclic) bond motifs is 12. The third-order valence-electron chi connectivity index (χ3n) is 12.7. The molecule has 2 nitrogen and oxygen atoms in total.